The van der Waals surface area contributed by atoms with Gasteiger partial charge in [0, 0.05) is 0 Å². The summed E-state index contributed by atoms with van der Waals surface area (Å²) in [6, 6.07) is 6.68. The second-order valence-electron chi connectivity index (χ2n) is 5.05. The molecular weight excluding hydrogens is 270 g/mol. The minimum absolute atomic E-state index is 0.135. The van der Waals surface area contributed by atoms with Gasteiger partial charge >= 0.3 is 0 Å². The predicted octanol–water partition coefficient (Wildman–Crippen LogP) is 2.44. The minimum atomic E-state index is -0.567. The molecule has 0 aliphatic carbocycles. The molecule has 5 heteroatoms. The first-order valence-corrected chi connectivity index (χ1v) is 6.53. The molecule has 0 radical (unpaired) electrons. The summed E-state index contributed by atoms with van der Waals surface area (Å²) in [4.78, 5) is 36.3. The molecule has 0 unspecified atom stereocenters. The smallest absolute Gasteiger partial charge is 0.299 e. The molecule has 0 saturated heterocycles. The van der Waals surface area contributed by atoms with Crippen molar-refractivity contribution in [3.8, 4) is 0 Å². The SMILES string of the molecule is Cc1ccc2c(c1C)N(Cc1ccc(C=O)o1)C(=O)C2=O. The number of carbonyl (C=O) groups is 3. The van der Waals surface area contributed by atoms with E-state index in [1.54, 1.807) is 12.1 Å². The number of furan rings is 1. The standard InChI is InChI=1S/C16H13NO4/c1-9-3-6-13-14(10(9)2)17(16(20)15(13)19)7-11-4-5-12(8-18)21-11/h3-6,8H,7H2,1-2H3. The Kier molecular flexibility index (Phi) is 2.97. The van der Waals surface area contributed by atoms with E-state index >= 15 is 0 Å². The van der Waals surface area contributed by atoms with E-state index in [1.807, 2.05) is 19.9 Å². The lowest BCUT2D eigenvalue weighted by Gasteiger charge is -2.18. The van der Waals surface area contributed by atoms with Crippen molar-refractivity contribution in [2.45, 2.75) is 20.4 Å². The first-order chi connectivity index (χ1) is 10.0. The van der Waals surface area contributed by atoms with Gasteiger partial charge in [0.05, 0.1) is 17.8 Å². The van der Waals surface area contributed by atoms with Crippen LogP contribution in [0.25, 0.3) is 0 Å². The number of benzene rings is 1. The first-order valence-electron chi connectivity index (χ1n) is 6.53. The van der Waals surface area contributed by atoms with Crippen molar-refractivity contribution in [2.24, 2.45) is 0 Å². The van der Waals surface area contributed by atoms with E-state index in [4.69, 9.17) is 4.42 Å². The summed E-state index contributed by atoms with van der Waals surface area (Å²) in [5.41, 5.74) is 2.96. The van der Waals surface area contributed by atoms with Gasteiger partial charge in [-0.3, -0.25) is 19.3 Å². The first kappa shape index (κ1) is 13.3. The van der Waals surface area contributed by atoms with E-state index in [0.29, 0.717) is 23.3 Å². The van der Waals surface area contributed by atoms with E-state index in [1.165, 1.54) is 11.0 Å². The number of fused-ring (bicyclic) bond motifs is 1. The van der Waals surface area contributed by atoms with Gasteiger partial charge < -0.3 is 4.42 Å². The number of amides is 1. The number of aldehydes is 1. The van der Waals surface area contributed by atoms with E-state index in [2.05, 4.69) is 0 Å². The Balaban J connectivity index is 2.04. The predicted molar refractivity (Wildman–Crippen MR) is 75.5 cm³/mol. The van der Waals surface area contributed by atoms with Crippen LogP contribution in [0.15, 0.2) is 28.7 Å². The van der Waals surface area contributed by atoms with E-state index in [-0.39, 0.29) is 12.3 Å². The second-order valence-corrected chi connectivity index (χ2v) is 5.05. The third-order valence-electron chi connectivity index (χ3n) is 3.77. The largest absolute Gasteiger partial charge is 0.456 e. The highest BCUT2D eigenvalue weighted by Gasteiger charge is 2.37. The Labute approximate surface area is 121 Å². The molecule has 2 heterocycles. The average Bonchev–Trinajstić information content (AvgIpc) is 3.02. The van der Waals surface area contributed by atoms with E-state index in [9.17, 15) is 14.4 Å². The maximum absolute atomic E-state index is 12.2. The van der Waals surface area contributed by atoms with Crippen LogP contribution in [0, 0.1) is 13.8 Å². The number of aryl methyl sites for hydroxylation is 1. The van der Waals surface area contributed by atoms with E-state index < -0.39 is 11.7 Å². The van der Waals surface area contributed by atoms with Gasteiger partial charge in [-0.05, 0) is 43.2 Å². The topological polar surface area (TPSA) is 67.6 Å². The number of hydrogen-bond acceptors (Lipinski definition) is 4. The van der Waals surface area contributed by atoms with Gasteiger partial charge in [0.1, 0.15) is 5.76 Å². The summed E-state index contributed by atoms with van der Waals surface area (Å²) in [6.07, 6.45) is 0.601. The molecular formula is C16H13NO4. The molecule has 2 aromatic rings. The number of Topliss-reactive ketones (excluding diaryl/α,β-unsaturated/α-hetero) is 1. The van der Waals surface area contributed by atoms with Crippen molar-refractivity contribution in [1.82, 2.24) is 0 Å². The number of nitrogens with zero attached hydrogens (tertiary/aromatic N) is 1. The Morgan fingerprint density at radius 2 is 1.90 bits per heavy atom. The third kappa shape index (κ3) is 1.98. The highest BCUT2D eigenvalue weighted by atomic mass is 16.3. The molecule has 1 aliphatic heterocycles. The van der Waals surface area contributed by atoms with Crippen molar-refractivity contribution in [3.63, 3.8) is 0 Å². The lowest BCUT2D eigenvalue weighted by Crippen LogP contribution is -2.29. The number of ketones is 1. The molecule has 1 aromatic carbocycles. The van der Waals surface area contributed by atoms with Gasteiger partial charge in [-0.1, -0.05) is 6.07 Å². The number of carbonyl (C=O) groups excluding carboxylic acids is 3. The minimum Gasteiger partial charge on any atom is -0.456 e. The van der Waals surface area contributed by atoms with Gasteiger partial charge in [0.25, 0.3) is 11.7 Å². The molecule has 1 aliphatic rings. The molecule has 0 bridgehead atoms. The molecule has 0 atom stereocenters. The van der Waals surface area contributed by atoms with Crippen molar-refractivity contribution in [2.75, 3.05) is 4.90 Å². The zero-order valence-corrected chi connectivity index (χ0v) is 11.7. The Hall–Kier alpha value is -2.69. The quantitative estimate of drug-likeness (QED) is 0.641. The van der Waals surface area contributed by atoms with Crippen LogP contribution in [-0.4, -0.2) is 18.0 Å². The van der Waals surface area contributed by atoms with Crippen molar-refractivity contribution in [3.05, 3.63) is 52.5 Å². The van der Waals surface area contributed by atoms with Gasteiger partial charge in [-0.2, -0.15) is 0 Å². The molecule has 0 fully saturated rings. The van der Waals surface area contributed by atoms with Crippen LogP contribution in [0.4, 0.5) is 5.69 Å². The summed E-state index contributed by atoms with van der Waals surface area (Å²) in [5, 5.41) is 0. The molecule has 106 valence electrons. The van der Waals surface area contributed by atoms with Gasteiger partial charge in [0.2, 0.25) is 0 Å². The third-order valence-corrected chi connectivity index (χ3v) is 3.77. The van der Waals surface area contributed by atoms with Gasteiger partial charge in [-0.15, -0.1) is 0 Å². The average molecular weight is 283 g/mol. The van der Waals surface area contributed by atoms with Crippen molar-refractivity contribution < 1.29 is 18.8 Å². The number of anilines is 1. The van der Waals surface area contributed by atoms with Crippen LogP contribution < -0.4 is 4.90 Å². The fraction of sp³-hybridized carbons (Fsp3) is 0.188. The molecule has 0 spiro atoms. The van der Waals surface area contributed by atoms with Crippen LogP contribution in [0.2, 0.25) is 0 Å². The van der Waals surface area contributed by atoms with Crippen molar-refractivity contribution >= 4 is 23.7 Å². The molecule has 0 saturated carbocycles. The summed E-state index contributed by atoms with van der Waals surface area (Å²) in [6.45, 7) is 3.94. The summed E-state index contributed by atoms with van der Waals surface area (Å²) < 4.78 is 5.29. The molecule has 1 aromatic heterocycles. The van der Waals surface area contributed by atoms with Gasteiger partial charge in [-0.25, -0.2) is 0 Å². The zero-order valence-electron chi connectivity index (χ0n) is 11.7. The maximum Gasteiger partial charge on any atom is 0.299 e. The fourth-order valence-electron chi connectivity index (χ4n) is 2.52. The zero-order chi connectivity index (χ0) is 15.1. The Morgan fingerprint density at radius 3 is 2.57 bits per heavy atom. The van der Waals surface area contributed by atoms with Crippen molar-refractivity contribution in [1.29, 1.82) is 0 Å². The van der Waals surface area contributed by atoms with Crippen LogP contribution in [0.3, 0.4) is 0 Å². The van der Waals surface area contributed by atoms with Crippen LogP contribution >= 0.6 is 0 Å². The molecule has 5 nitrogen and oxygen atoms in total. The van der Waals surface area contributed by atoms with Gasteiger partial charge in [0.15, 0.2) is 12.0 Å². The summed E-state index contributed by atoms with van der Waals surface area (Å²) in [7, 11) is 0. The summed E-state index contributed by atoms with van der Waals surface area (Å²) >= 11 is 0. The fourth-order valence-corrected chi connectivity index (χ4v) is 2.52. The molecule has 3 rings (SSSR count). The number of rotatable bonds is 3. The molecule has 0 N–H and O–H groups in total. The Morgan fingerprint density at radius 1 is 1.14 bits per heavy atom. The molecule has 21 heavy (non-hydrogen) atoms. The second kappa shape index (κ2) is 4.70. The highest BCUT2D eigenvalue weighted by Crippen LogP contribution is 2.35. The number of hydrogen-bond donors (Lipinski definition) is 0. The normalized spacial score (nSPS) is 13.7. The van der Waals surface area contributed by atoms with E-state index in [0.717, 1.165) is 11.1 Å². The van der Waals surface area contributed by atoms with Crippen LogP contribution in [-0.2, 0) is 11.3 Å². The summed E-state index contributed by atoms with van der Waals surface area (Å²) in [5.74, 6) is -0.408. The highest BCUT2D eigenvalue weighted by molar-refractivity contribution is 6.52. The molecule has 1 amide bonds. The monoisotopic (exact) mass is 283 g/mol. The van der Waals surface area contributed by atoms with Crippen LogP contribution in [0.1, 0.15) is 37.8 Å². The lowest BCUT2D eigenvalue weighted by atomic mass is 10.0. The Bertz CT molecular complexity index is 773. The lowest BCUT2D eigenvalue weighted by molar-refractivity contribution is -0.114. The maximum atomic E-state index is 12.2. The van der Waals surface area contributed by atoms with Crippen LogP contribution in [0.5, 0.6) is 0 Å².